The Balaban J connectivity index is 2.14. The lowest BCUT2D eigenvalue weighted by Crippen LogP contribution is -2.15. The number of rotatable bonds is 3. The first-order chi connectivity index (χ1) is 8.19. The molecule has 0 saturated carbocycles. The summed E-state index contributed by atoms with van der Waals surface area (Å²) in [5.41, 5.74) is -0.0221. The lowest BCUT2D eigenvalue weighted by atomic mass is 10.2. The van der Waals surface area contributed by atoms with Gasteiger partial charge in [-0.3, -0.25) is 14.9 Å². The molecule has 0 atom stereocenters. The number of H-pyrrole nitrogens is 1. The van der Waals surface area contributed by atoms with Crippen molar-refractivity contribution >= 4 is 22.4 Å². The van der Waals surface area contributed by atoms with Crippen molar-refractivity contribution in [2.75, 3.05) is 5.32 Å². The number of amides is 1. The van der Waals surface area contributed by atoms with Crippen molar-refractivity contribution in [2.45, 2.75) is 13.3 Å². The van der Waals surface area contributed by atoms with Crippen LogP contribution < -0.4 is 10.9 Å². The van der Waals surface area contributed by atoms with Gasteiger partial charge in [-0.15, -0.1) is 10.2 Å². The minimum absolute atomic E-state index is 0.294. The molecule has 0 aliphatic rings. The summed E-state index contributed by atoms with van der Waals surface area (Å²) in [6, 6.07) is 2.76. The lowest BCUT2D eigenvalue weighted by molar-refractivity contribution is 0.102. The summed E-state index contributed by atoms with van der Waals surface area (Å²) in [4.78, 5) is 25.2. The Hall–Kier alpha value is -2.02. The molecule has 0 aliphatic heterocycles. The minimum Gasteiger partial charge on any atom is -0.329 e. The van der Waals surface area contributed by atoms with Gasteiger partial charge in [-0.05, 0) is 12.5 Å². The number of hydrogen-bond acceptors (Lipinski definition) is 5. The maximum absolute atomic E-state index is 11.7. The topological polar surface area (TPSA) is 87.7 Å². The van der Waals surface area contributed by atoms with Crippen LogP contribution in [-0.2, 0) is 6.42 Å². The Kier molecular flexibility index (Phi) is 3.29. The van der Waals surface area contributed by atoms with Gasteiger partial charge in [0.1, 0.15) is 5.01 Å². The van der Waals surface area contributed by atoms with Crippen LogP contribution in [0.25, 0.3) is 0 Å². The number of aryl methyl sites for hydroxylation is 1. The zero-order valence-corrected chi connectivity index (χ0v) is 9.87. The molecule has 0 aliphatic carbocycles. The van der Waals surface area contributed by atoms with Crippen molar-refractivity contribution in [3.05, 3.63) is 39.3 Å². The first-order valence-electron chi connectivity index (χ1n) is 5.01. The van der Waals surface area contributed by atoms with Gasteiger partial charge in [-0.1, -0.05) is 18.3 Å². The van der Waals surface area contributed by atoms with Crippen molar-refractivity contribution in [1.29, 1.82) is 0 Å². The fourth-order valence-corrected chi connectivity index (χ4v) is 1.88. The van der Waals surface area contributed by atoms with E-state index in [1.54, 1.807) is 0 Å². The van der Waals surface area contributed by atoms with Crippen LogP contribution in [0.5, 0.6) is 0 Å². The number of carbonyl (C=O) groups excluding carboxylic acids is 1. The van der Waals surface area contributed by atoms with Gasteiger partial charge in [0.25, 0.3) is 5.91 Å². The van der Waals surface area contributed by atoms with E-state index >= 15 is 0 Å². The SMILES string of the molecule is CCc1nnc(NC(=O)c2cc[nH]c(=O)c2)s1. The number of hydrogen-bond donors (Lipinski definition) is 2. The van der Waals surface area contributed by atoms with Crippen LogP contribution in [0.4, 0.5) is 5.13 Å². The molecule has 2 rings (SSSR count). The largest absolute Gasteiger partial charge is 0.329 e. The summed E-state index contributed by atoms with van der Waals surface area (Å²) < 4.78 is 0. The molecule has 2 aromatic heterocycles. The second-order valence-electron chi connectivity index (χ2n) is 3.25. The highest BCUT2D eigenvalue weighted by Gasteiger charge is 2.09. The van der Waals surface area contributed by atoms with E-state index in [9.17, 15) is 9.59 Å². The van der Waals surface area contributed by atoms with Gasteiger partial charge in [-0.25, -0.2) is 0 Å². The number of nitrogens with zero attached hydrogens (tertiary/aromatic N) is 2. The van der Waals surface area contributed by atoms with Crippen LogP contribution >= 0.6 is 11.3 Å². The Bertz CT molecular complexity index is 590. The van der Waals surface area contributed by atoms with Gasteiger partial charge in [-0.2, -0.15) is 0 Å². The fraction of sp³-hybridized carbons (Fsp3) is 0.200. The molecule has 0 unspecified atom stereocenters. The van der Waals surface area contributed by atoms with Gasteiger partial charge in [0, 0.05) is 17.8 Å². The van der Waals surface area contributed by atoms with E-state index in [-0.39, 0.29) is 11.5 Å². The molecule has 17 heavy (non-hydrogen) atoms. The zero-order chi connectivity index (χ0) is 12.3. The van der Waals surface area contributed by atoms with E-state index < -0.39 is 0 Å². The Morgan fingerprint density at radius 1 is 1.53 bits per heavy atom. The molecule has 0 radical (unpaired) electrons. The summed E-state index contributed by atoms with van der Waals surface area (Å²) in [6.45, 7) is 1.96. The normalized spacial score (nSPS) is 10.2. The molecule has 6 nitrogen and oxygen atoms in total. The lowest BCUT2D eigenvalue weighted by Gasteiger charge is -1.99. The van der Waals surface area contributed by atoms with E-state index in [0.717, 1.165) is 11.4 Å². The third-order valence-corrected chi connectivity index (χ3v) is 3.01. The number of aromatic amines is 1. The predicted octanol–water partition coefficient (Wildman–Crippen LogP) is 1.04. The fourth-order valence-electron chi connectivity index (χ4n) is 1.20. The molecular weight excluding hydrogens is 240 g/mol. The summed E-state index contributed by atoms with van der Waals surface area (Å²) in [5, 5.41) is 11.6. The molecule has 0 aromatic carbocycles. The van der Waals surface area contributed by atoms with Crippen molar-refractivity contribution in [1.82, 2.24) is 15.2 Å². The van der Waals surface area contributed by atoms with Crippen LogP contribution in [0, 0.1) is 0 Å². The van der Waals surface area contributed by atoms with Gasteiger partial charge in [0.2, 0.25) is 10.7 Å². The number of anilines is 1. The summed E-state index contributed by atoms with van der Waals surface area (Å²) in [6.07, 6.45) is 2.20. The second kappa shape index (κ2) is 4.88. The molecule has 88 valence electrons. The van der Waals surface area contributed by atoms with Crippen molar-refractivity contribution in [2.24, 2.45) is 0 Å². The standard InChI is InChI=1S/C10H10N4O2S/c1-2-8-13-14-10(17-8)12-9(16)6-3-4-11-7(15)5-6/h3-5H,2H2,1H3,(H,11,15)(H,12,14,16). The Morgan fingerprint density at radius 2 is 2.35 bits per heavy atom. The van der Waals surface area contributed by atoms with Crippen LogP contribution in [0.3, 0.4) is 0 Å². The molecule has 2 N–H and O–H groups in total. The summed E-state index contributed by atoms with van der Waals surface area (Å²) in [5.74, 6) is -0.366. The molecule has 7 heteroatoms. The third-order valence-electron chi connectivity index (χ3n) is 2.03. The van der Waals surface area contributed by atoms with E-state index in [1.165, 1.54) is 29.7 Å². The highest BCUT2D eigenvalue weighted by molar-refractivity contribution is 7.15. The summed E-state index contributed by atoms with van der Waals surface area (Å²) >= 11 is 1.32. The Labute approximate surface area is 101 Å². The smallest absolute Gasteiger partial charge is 0.257 e. The number of pyridine rings is 1. The predicted molar refractivity (Wildman–Crippen MR) is 64.3 cm³/mol. The maximum atomic E-state index is 11.7. The van der Waals surface area contributed by atoms with Gasteiger partial charge >= 0.3 is 0 Å². The molecule has 0 fully saturated rings. The number of nitrogens with one attached hydrogen (secondary N) is 2. The maximum Gasteiger partial charge on any atom is 0.257 e. The number of carbonyl (C=O) groups is 1. The second-order valence-corrected chi connectivity index (χ2v) is 4.31. The Morgan fingerprint density at radius 3 is 3.00 bits per heavy atom. The molecule has 0 saturated heterocycles. The summed E-state index contributed by atoms with van der Waals surface area (Å²) in [7, 11) is 0. The first-order valence-corrected chi connectivity index (χ1v) is 5.83. The van der Waals surface area contributed by atoms with Crippen LogP contribution in [-0.4, -0.2) is 21.1 Å². The van der Waals surface area contributed by atoms with Gasteiger partial charge in [0.05, 0.1) is 0 Å². The van der Waals surface area contributed by atoms with E-state index in [2.05, 4.69) is 20.5 Å². The molecule has 2 heterocycles. The van der Waals surface area contributed by atoms with Crippen molar-refractivity contribution in [3.63, 3.8) is 0 Å². The van der Waals surface area contributed by atoms with E-state index in [4.69, 9.17) is 0 Å². The molecule has 0 spiro atoms. The van der Waals surface area contributed by atoms with Gasteiger partial charge in [0.15, 0.2) is 0 Å². The van der Waals surface area contributed by atoms with E-state index in [0.29, 0.717) is 10.7 Å². The average molecular weight is 250 g/mol. The molecule has 0 bridgehead atoms. The van der Waals surface area contributed by atoms with E-state index in [1.807, 2.05) is 6.92 Å². The highest BCUT2D eigenvalue weighted by atomic mass is 32.1. The van der Waals surface area contributed by atoms with Crippen molar-refractivity contribution in [3.8, 4) is 0 Å². The molecular formula is C10H10N4O2S. The van der Waals surface area contributed by atoms with Crippen LogP contribution in [0.1, 0.15) is 22.3 Å². The van der Waals surface area contributed by atoms with Crippen molar-refractivity contribution < 1.29 is 4.79 Å². The zero-order valence-electron chi connectivity index (χ0n) is 9.06. The number of aromatic nitrogens is 3. The van der Waals surface area contributed by atoms with Crippen LogP contribution in [0.15, 0.2) is 23.1 Å². The average Bonchev–Trinajstić information content (AvgIpc) is 2.77. The monoisotopic (exact) mass is 250 g/mol. The quantitative estimate of drug-likeness (QED) is 0.852. The van der Waals surface area contributed by atoms with Crippen LogP contribution in [0.2, 0.25) is 0 Å². The third kappa shape index (κ3) is 2.76. The highest BCUT2D eigenvalue weighted by Crippen LogP contribution is 2.15. The minimum atomic E-state index is -0.366. The first kappa shape index (κ1) is 11.5. The van der Waals surface area contributed by atoms with Gasteiger partial charge < -0.3 is 4.98 Å². The molecule has 1 amide bonds. The molecule has 2 aromatic rings.